The van der Waals surface area contributed by atoms with E-state index in [1.54, 1.807) is 13.3 Å². The Bertz CT molecular complexity index is 871. The third kappa shape index (κ3) is 3.15. The third-order valence-electron chi connectivity index (χ3n) is 4.71. The number of aromatic amines is 1. The number of para-hydroxylation sites is 1. The first-order valence-corrected chi connectivity index (χ1v) is 8.53. The van der Waals surface area contributed by atoms with Crippen molar-refractivity contribution in [1.82, 2.24) is 20.2 Å². The lowest BCUT2D eigenvalue weighted by atomic mass is 9.93. The molecule has 1 aliphatic carbocycles. The molecule has 25 heavy (non-hydrogen) atoms. The molecule has 0 saturated heterocycles. The van der Waals surface area contributed by atoms with Crippen LogP contribution in [-0.2, 0) is 0 Å². The van der Waals surface area contributed by atoms with Gasteiger partial charge in [0.25, 0.3) is 0 Å². The van der Waals surface area contributed by atoms with Crippen LogP contribution in [0.5, 0.6) is 5.75 Å². The van der Waals surface area contributed by atoms with E-state index in [4.69, 9.17) is 4.74 Å². The zero-order chi connectivity index (χ0) is 17.2. The van der Waals surface area contributed by atoms with Gasteiger partial charge in [0, 0.05) is 17.6 Å². The van der Waals surface area contributed by atoms with E-state index in [2.05, 4.69) is 25.5 Å². The van der Waals surface area contributed by atoms with E-state index in [0.717, 1.165) is 53.7 Å². The van der Waals surface area contributed by atoms with Crippen molar-refractivity contribution in [2.75, 3.05) is 12.4 Å². The molecule has 0 amide bonds. The van der Waals surface area contributed by atoms with Gasteiger partial charge in [-0.2, -0.15) is 5.10 Å². The summed E-state index contributed by atoms with van der Waals surface area (Å²) in [5.41, 5.74) is 2.39. The fraction of sp³-hybridized carbons (Fsp3) is 0.389. The summed E-state index contributed by atoms with van der Waals surface area (Å²) in [6.45, 7) is 0. The summed E-state index contributed by atoms with van der Waals surface area (Å²) in [7, 11) is 1.64. The maximum Gasteiger partial charge on any atom is 0.223 e. The average molecular weight is 339 g/mol. The molecule has 7 heteroatoms. The summed E-state index contributed by atoms with van der Waals surface area (Å²) >= 11 is 0. The van der Waals surface area contributed by atoms with E-state index < -0.39 is 0 Å². The normalized spacial score (nSPS) is 20.6. The first kappa shape index (κ1) is 15.8. The van der Waals surface area contributed by atoms with Gasteiger partial charge in [0.15, 0.2) is 0 Å². The molecular formula is C18H21N5O2. The predicted molar refractivity (Wildman–Crippen MR) is 95.6 cm³/mol. The van der Waals surface area contributed by atoms with Crippen molar-refractivity contribution < 1.29 is 9.84 Å². The van der Waals surface area contributed by atoms with Gasteiger partial charge in [0.05, 0.1) is 18.9 Å². The molecule has 4 rings (SSSR count). The molecule has 1 fully saturated rings. The molecule has 0 aliphatic heterocycles. The second-order valence-electron chi connectivity index (χ2n) is 6.37. The highest BCUT2D eigenvalue weighted by Gasteiger charge is 2.20. The summed E-state index contributed by atoms with van der Waals surface area (Å²) in [6, 6.07) is 7.98. The van der Waals surface area contributed by atoms with Crippen LogP contribution in [0.15, 0.2) is 30.5 Å². The van der Waals surface area contributed by atoms with E-state index in [-0.39, 0.29) is 6.10 Å². The molecule has 2 heterocycles. The predicted octanol–water partition coefficient (Wildman–Crippen LogP) is 2.74. The van der Waals surface area contributed by atoms with Gasteiger partial charge in [-0.1, -0.05) is 12.1 Å². The number of hydrogen-bond acceptors (Lipinski definition) is 6. The van der Waals surface area contributed by atoms with Crippen molar-refractivity contribution >= 4 is 16.9 Å². The zero-order valence-electron chi connectivity index (χ0n) is 14.1. The Morgan fingerprint density at radius 1 is 1.20 bits per heavy atom. The maximum atomic E-state index is 9.62. The van der Waals surface area contributed by atoms with Crippen LogP contribution in [-0.4, -0.2) is 44.5 Å². The Kier molecular flexibility index (Phi) is 4.23. The molecule has 1 saturated carbocycles. The van der Waals surface area contributed by atoms with Crippen molar-refractivity contribution in [3.05, 3.63) is 30.5 Å². The quantitative estimate of drug-likeness (QED) is 0.676. The Morgan fingerprint density at radius 2 is 2.04 bits per heavy atom. The average Bonchev–Trinajstić information content (AvgIpc) is 3.08. The van der Waals surface area contributed by atoms with Crippen molar-refractivity contribution in [2.45, 2.75) is 37.8 Å². The number of H-pyrrole nitrogens is 1. The lowest BCUT2D eigenvalue weighted by Gasteiger charge is -2.26. The Labute approximate surface area is 145 Å². The van der Waals surface area contributed by atoms with E-state index in [1.807, 2.05) is 24.3 Å². The maximum absolute atomic E-state index is 9.62. The Morgan fingerprint density at radius 3 is 2.84 bits per heavy atom. The second kappa shape index (κ2) is 6.68. The first-order chi connectivity index (χ1) is 12.2. The standard InChI is InChI=1S/C18H21N5O2/c1-25-15-4-2-3-13-16(22-23-17(13)15)14-9-10-19-18(21-14)20-11-5-7-12(24)8-6-11/h2-4,9-12,24H,5-8H2,1H3,(H,22,23)(H,19,20,21)/t11-,12-. The summed E-state index contributed by atoms with van der Waals surface area (Å²) in [6.07, 6.45) is 5.07. The molecule has 2 aromatic heterocycles. The minimum Gasteiger partial charge on any atom is -0.494 e. The number of nitrogens with zero attached hydrogens (tertiary/aromatic N) is 3. The van der Waals surface area contributed by atoms with Crippen LogP contribution in [0.3, 0.4) is 0 Å². The fourth-order valence-electron chi connectivity index (χ4n) is 3.34. The summed E-state index contributed by atoms with van der Waals surface area (Å²) in [5, 5.41) is 21.4. The van der Waals surface area contributed by atoms with Gasteiger partial charge in [0.1, 0.15) is 17.0 Å². The largest absolute Gasteiger partial charge is 0.494 e. The number of rotatable bonds is 4. The van der Waals surface area contributed by atoms with Crippen molar-refractivity contribution in [1.29, 1.82) is 0 Å². The van der Waals surface area contributed by atoms with Crippen molar-refractivity contribution in [3.8, 4) is 17.1 Å². The van der Waals surface area contributed by atoms with Gasteiger partial charge in [-0.3, -0.25) is 5.10 Å². The second-order valence-corrected chi connectivity index (χ2v) is 6.37. The van der Waals surface area contributed by atoms with E-state index >= 15 is 0 Å². The molecule has 0 spiro atoms. The molecule has 0 radical (unpaired) electrons. The minimum absolute atomic E-state index is 0.171. The highest BCUT2D eigenvalue weighted by Crippen LogP contribution is 2.30. The molecular weight excluding hydrogens is 318 g/mol. The minimum atomic E-state index is -0.171. The third-order valence-corrected chi connectivity index (χ3v) is 4.71. The number of hydrogen-bond donors (Lipinski definition) is 3. The van der Waals surface area contributed by atoms with Crippen LogP contribution >= 0.6 is 0 Å². The molecule has 0 bridgehead atoms. The van der Waals surface area contributed by atoms with E-state index in [0.29, 0.717) is 12.0 Å². The van der Waals surface area contributed by atoms with Crippen LogP contribution < -0.4 is 10.1 Å². The number of benzene rings is 1. The van der Waals surface area contributed by atoms with Crippen LogP contribution in [0.4, 0.5) is 5.95 Å². The van der Waals surface area contributed by atoms with Gasteiger partial charge in [-0.05, 0) is 37.8 Å². The summed E-state index contributed by atoms with van der Waals surface area (Å²) in [5.74, 6) is 1.35. The Balaban J connectivity index is 1.61. The molecule has 7 nitrogen and oxygen atoms in total. The summed E-state index contributed by atoms with van der Waals surface area (Å²) < 4.78 is 5.37. The topological polar surface area (TPSA) is 95.9 Å². The van der Waals surface area contributed by atoms with Crippen LogP contribution in [0.2, 0.25) is 0 Å². The number of methoxy groups -OCH3 is 1. The number of ether oxygens (including phenoxy) is 1. The number of nitrogens with one attached hydrogen (secondary N) is 2. The lowest BCUT2D eigenvalue weighted by molar-refractivity contribution is 0.126. The number of anilines is 1. The van der Waals surface area contributed by atoms with E-state index in [9.17, 15) is 5.11 Å². The highest BCUT2D eigenvalue weighted by atomic mass is 16.5. The first-order valence-electron chi connectivity index (χ1n) is 8.53. The van der Waals surface area contributed by atoms with Crippen LogP contribution in [0.25, 0.3) is 22.3 Å². The smallest absolute Gasteiger partial charge is 0.223 e. The van der Waals surface area contributed by atoms with Crippen molar-refractivity contribution in [2.24, 2.45) is 0 Å². The molecule has 1 aromatic carbocycles. The van der Waals surface area contributed by atoms with E-state index in [1.165, 1.54) is 0 Å². The Hall–Kier alpha value is -2.67. The zero-order valence-corrected chi connectivity index (χ0v) is 14.1. The number of aliphatic hydroxyl groups excluding tert-OH is 1. The van der Waals surface area contributed by atoms with Gasteiger partial charge >= 0.3 is 0 Å². The number of aliphatic hydroxyl groups is 1. The van der Waals surface area contributed by atoms with Crippen LogP contribution in [0, 0.1) is 0 Å². The lowest BCUT2D eigenvalue weighted by Crippen LogP contribution is -2.28. The van der Waals surface area contributed by atoms with Gasteiger partial charge < -0.3 is 15.2 Å². The van der Waals surface area contributed by atoms with Gasteiger partial charge in [0.2, 0.25) is 5.95 Å². The molecule has 0 unspecified atom stereocenters. The van der Waals surface area contributed by atoms with Gasteiger partial charge in [-0.15, -0.1) is 0 Å². The number of fused-ring (bicyclic) bond motifs is 1. The van der Waals surface area contributed by atoms with Crippen molar-refractivity contribution in [3.63, 3.8) is 0 Å². The molecule has 1 aliphatic rings. The molecule has 3 aromatic rings. The molecule has 130 valence electrons. The monoisotopic (exact) mass is 339 g/mol. The fourth-order valence-corrected chi connectivity index (χ4v) is 3.34. The summed E-state index contributed by atoms with van der Waals surface area (Å²) in [4.78, 5) is 8.95. The highest BCUT2D eigenvalue weighted by molar-refractivity contribution is 5.95. The molecule has 3 N–H and O–H groups in total. The molecule has 0 atom stereocenters. The SMILES string of the molecule is COc1cccc2c(-c3ccnc(N[C@H]4CC[C@H](O)CC4)n3)n[nH]c12. The van der Waals surface area contributed by atoms with Gasteiger partial charge in [-0.25, -0.2) is 9.97 Å². The van der Waals surface area contributed by atoms with Crippen LogP contribution in [0.1, 0.15) is 25.7 Å². The number of aromatic nitrogens is 4.